The summed E-state index contributed by atoms with van der Waals surface area (Å²) in [6, 6.07) is 70.8. The van der Waals surface area contributed by atoms with Crippen molar-refractivity contribution in [1.82, 2.24) is 71.1 Å². The minimum Gasteiger partial charge on any atom is -0.394 e. The number of nitrogens with one attached hydrogen (secondary N) is 10. The van der Waals surface area contributed by atoms with E-state index in [9.17, 15) is 63.3 Å². The van der Waals surface area contributed by atoms with Crippen molar-refractivity contribution >= 4 is 35.2 Å². The Balaban J connectivity index is 0.000000144. The van der Waals surface area contributed by atoms with Crippen molar-refractivity contribution in [2.75, 3.05) is 25.0 Å². The Kier molecular flexibility index (Phi) is 31.2. The number of carbonyl (C=O) groups is 5. The second kappa shape index (κ2) is 44.1. The van der Waals surface area contributed by atoms with Crippen LogP contribution in [-0.2, 0) is 11.8 Å². The molecule has 0 saturated heterocycles. The number of aliphatic hydroxyl groups excluding tert-OH is 3. The highest BCUT2D eigenvalue weighted by Gasteiger charge is 2.40. The molecule has 5 aromatic carbocycles. The first-order valence-corrected chi connectivity index (χ1v) is 40.5. The third kappa shape index (κ3) is 25.7. The van der Waals surface area contributed by atoms with Gasteiger partial charge < -0.3 is 66.8 Å². The number of amides is 5. The van der Waals surface area contributed by atoms with Crippen LogP contribution < -0.4 is 54.4 Å². The molecule has 5 amide bonds. The Bertz CT molecular complexity index is 6310. The second-order valence-electron chi connectivity index (χ2n) is 30.3. The Labute approximate surface area is 728 Å². The summed E-state index contributed by atoms with van der Waals surface area (Å²) in [5, 5.41) is 43.5. The van der Waals surface area contributed by atoms with E-state index in [4.69, 9.17) is 0 Å². The van der Waals surface area contributed by atoms with Crippen molar-refractivity contribution in [3.8, 4) is 55.6 Å². The van der Waals surface area contributed by atoms with Gasteiger partial charge in [-0.05, 0) is 205 Å². The maximum absolute atomic E-state index is 12.6. The van der Waals surface area contributed by atoms with Gasteiger partial charge in [0.25, 0.3) is 57.3 Å². The number of aromatic amines is 5. The van der Waals surface area contributed by atoms with Crippen LogP contribution in [0.3, 0.4) is 0 Å². The molecule has 10 aromatic heterocycles. The number of aromatic nitrogens is 10. The summed E-state index contributed by atoms with van der Waals surface area (Å²) in [6.45, 7) is 6.14. The zero-order chi connectivity index (χ0) is 89.6. The average molecular weight is 1700 g/mol. The largest absolute Gasteiger partial charge is 0.394 e. The average Bonchev–Trinajstić information content (AvgIpc) is 1.65. The number of pyridine rings is 10. The third-order valence-electron chi connectivity index (χ3n) is 20.3. The van der Waals surface area contributed by atoms with Gasteiger partial charge in [0.2, 0.25) is 0 Å². The Morgan fingerprint density at radius 1 is 0.378 bits per heavy atom. The van der Waals surface area contributed by atoms with Gasteiger partial charge in [-0.3, -0.25) is 72.9 Å². The van der Waals surface area contributed by atoms with Crippen LogP contribution in [0.4, 0.5) is 5.69 Å². The van der Waals surface area contributed by atoms with Crippen molar-refractivity contribution in [2.45, 2.75) is 69.2 Å². The first-order chi connectivity index (χ1) is 61.5. The standard InChI is InChI=1S/C21H21N3O2.C20H19N3O3.C20H17N3O2.2C19H17N3O3/c1-21(2,3)16-5-4-6-17(12-16)24-20(26)18-11-15(13-23-19(18)25)14-7-9-22-10-8-14;24-13-17(10-14-4-2-1-3-5-14)23-20(26)18-11-16(12-22-19(18)25)15-6-8-21-9-7-15;24-19-17(10-15(12-22-19)13-6-8-21-9-7-13)20(25)23-18-11-16(18)14-4-2-1-3-5-14;2*23-17(14-4-2-1-3-5-14)12-22-19(25)16-10-15(11-21-18(16)24)13-6-8-20-9-7-13/h4-13H,1-3H3,(H,23,25)(H,24,26);1-9,11-12,17,24H,10,13H2,(H,22,25)(H,23,26);1-10,12,16,18H,11H2,(H,22,24)(H,23,25);2*1-11,17,23H,12H2,(H,21,24)(H,22,25)/t;;16-,18?;17-;/m..00./s1. The van der Waals surface area contributed by atoms with Crippen LogP contribution in [0, 0.1) is 0 Å². The maximum atomic E-state index is 12.6. The lowest BCUT2D eigenvalue weighted by Gasteiger charge is -2.19. The van der Waals surface area contributed by atoms with E-state index in [2.05, 4.69) is 109 Å². The van der Waals surface area contributed by atoms with Gasteiger partial charge in [-0.2, -0.15) is 0 Å². The van der Waals surface area contributed by atoms with E-state index >= 15 is 0 Å². The molecule has 1 fully saturated rings. The first kappa shape index (κ1) is 90.1. The number of anilines is 1. The summed E-state index contributed by atoms with van der Waals surface area (Å²) in [7, 11) is 0. The lowest BCUT2D eigenvalue weighted by molar-refractivity contribution is 0.0908. The fourth-order valence-corrected chi connectivity index (χ4v) is 13.2. The minimum absolute atomic E-state index is 0.00502. The van der Waals surface area contributed by atoms with Crippen LogP contribution in [0.25, 0.3) is 55.6 Å². The highest BCUT2D eigenvalue weighted by atomic mass is 16.3. The number of carbonyl (C=O) groups excluding carboxylic acids is 5. The number of hydrogen-bond acceptors (Lipinski definition) is 18. The van der Waals surface area contributed by atoms with Crippen LogP contribution >= 0.6 is 0 Å². The molecule has 28 nitrogen and oxygen atoms in total. The molecular formula is C99H91N15O13. The van der Waals surface area contributed by atoms with Crippen molar-refractivity contribution in [1.29, 1.82) is 0 Å². The molecule has 0 bridgehead atoms. The smallest absolute Gasteiger partial charge is 0.261 e. The fourth-order valence-electron chi connectivity index (χ4n) is 13.2. The third-order valence-corrected chi connectivity index (χ3v) is 20.3. The van der Waals surface area contributed by atoms with Crippen molar-refractivity contribution in [3.63, 3.8) is 0 Å². The molecule has 13 N–H and O–H groups in total. The lowest BCUT2D eigenvalue weighted by Crippen LogP contribution is -2.41. The number of rotatable bonds is 23. The van der Waals surface area contributed by atoms with Gasteiger partial charge in [0.1, 0.15) is 27.8 Å². The summed E-state index contributed by atoms with van der Waals surface area (Å²) < 4.78 is 0. The molecule has 640 valence electrons. The molecule has 15 aromatic rings. The minimum atomic E-state index is -0.840. The van der Waals surface area contributed by atoms with Crippen LogP contribution in [-0.4, -0.2) is 126 Å². The summed E-state index contributed by atoms with van der Waals surface area (Å²) >= 11 is 0. The number of H-pyrrole nitrogens is 5. The van der Waals surface area contributed by atoms with Crippen LogP contribution in [0.1, 0.15) is 125 Å². The van der Waals surface area contributed by atoms with Crippen molar-refractivity contribution in [3.05, 3.63) is 437 Å². The summed E-state index contributed by atoms with van der Waals surface area (Å²) in [5.74, 6) is -2.03. The maximum Gasteiger partial charge on any atom is 0.261 e. The van der Waals surface area contributed by atoms with Gasteiger partial charge in [-0.15, -0.1) is 0 Å². The zero-order valence-electron chi connectivity index (χ0n) is 69.3. The SMILES string of the molecule is CC(C)(C)c1cccc(NC(=O)c2cc(-c3ccncc3)c[nH]c2=O)c1.O=C(NC(CO)Cc1ccccc1)c1cc(-c2ccncc2)c[nH]c1=O.O=C(NC1C[C@H]1c1ccccc1)c1cc(-c2ccncc2)c[nH]c1=O.O=C(NCC(O)c1ccccc1)c1cc(-c2ccncc2)c[nH]c1=O.O=C(NC[C@H](O)c1ccccc1)c1cc(-c2ccncc2)c[nH]c1=O. The molecule has 1 saturated carbocycles. The van der Waals surface area contributed by atoms with Crippen molar-refractivity contribution < 1.29 is 39.3 Å². The predicted molar refractivity (Wildman–Crippen MR) is 486 cm³/mol. The number of benzene rings is 5. The second-order valence-corrected chi connectivity index (χ2v) is 30.3. The van der Waals surface area contributed by atoms with Gasteiger partial charge in [-0.1, -0.05) is 154 Å². The van der Waals surface area contributed by atoms with E-state index in [0.29, 0.717) is 45.8 Å². The molecule has 0 aliphatic heterocycles. The molecule has 1 aliphatic carbocycles. The molecule has 1 aliphatic rings. The normalized spacial score (nSPS) is 13.0. The quantitative estimate of drug-likeness (QED) is 0.0283. The van der Waals surface area contributed by atoms with Gasteiger partial charge in [0, 0.05) is 124 Å². The van der Waals surface area contributed by atoms with Gasteiger partial charge >= 0.3 is 0 Å². The zero-order valence-corrected chi connectivity index (χ0v) is 69.3. The van der Waals surface area contributed by atoms with E-state index in [1.165, 1.54) is 17.7 Å². The predicted octanol–water partition coefficient (Wildman–Crippen LogP) is 12.3. The van der Waals surface area contributed by atoms with E-state index < -0.39 is 64.1 Å². The van der Waals surface area contributed by atoms with Gasteiger partial charge in [-0.25, -0.2) is 0 Å². The molecule has 10 heterocycles. The van der Waals surface area contributed by atoms with Crippen LogP contribution in [0.2, 0.25) is 0 Å². The molecule has 127 heavy (non-hydrogen) atoms. The topological polar surface area (TPSA) is 435 Å². The van der Waals surface area contributed by atoms with E-state index in [1.54, 1.807) is 172 Å². The van der Waals surface area contributed by atoms with Crippen LogP contribution in [0.5, 0.6) is 0 Å². The molecular weight excluding hydrogens is 1610 g/mol. The fraction of sp³-hybridized carbons (Fsp3) is 0.141. The highest BCUT2D eigenvalue weighted by molar-refractivity contribution is 6.05. The van der Waals surface area contributed by atoms with Gasteiger partial charge in [0.15, 0.2) is 0 Å². The lowest BCUT2D eigenvalue weighted by atomic mass is 9.87. The monoisotopic (exact) mass is 1700 g/mol. The summed E-state index contributed by atoms with van der Waals surface area (Å²) in [6.07, 6.45) is 24.1. The van der Waals surface area contributed by atoms with E-state index in [-0.39, 0.29) is 70.4 Å². The molecule has 28 heteroatoms. The summed E-state index contributed by atoms with van der Waals surface area (Å²) in [4.78, 5) is 155. The Morgan fingerprint density at radius 3 is 1.05 bits per heavy atom. The number of hydrogen-bond donors (Lipinski definition) is 13. The van der Waals surface area contributed by atoms with Crippen molar-refractivity contribution in [2.24, 2.45) is 0 Å². The van der Waals surface area contributed by atoms with E-state index in [1.807, 2.05) is 133 Å². The Morgan fingerprint density at radius 2 is 0.701 bits per heavy atom. The first-order valence-electron chi connectivity index (χ1n) is 40.5. The number of nitrogens with zero attached hydrogens (tertiary/aromatic N) is 5. The summed E-state index contributed by atoms with van der Waals surface area (Å²) in [5.41, 5.74) is 11.2. The van der Waals surface area contributed by atoms with Crippen LogP contribution in [0.15, 0.2) is 354 Å². The molecule has 3 unspecified atom stereocenters. The molecule has 0 radical (unpaired) electrons. The highest BCUT2D eigenvalue weighted by Crippen LogP contribution is 2.41. The molecule has 5 atom stereocenters. The van der Waals surface area contributed by atoms with E-state index in [0.717, 1.165) is 56.5 Å². The molecule has 0 spiro atoms. The Hall–Kier alpha value is -16.2. The van der Waals surface area contributed by atoms with Gasteiger partial charge in [0.05, 0.1) is 24.9 Å². The number of aliphatic hydroxyl groups is 3. The molecule has 16 rings (SSSR count).